The number of alkyl halides is 2. The highest BCUT2D eigenvalue weighted by molar-refractivity contribution is 6.88. The molecule has 1 aliphatic rings. The number of aliphatic carboxylic acids is 1. The van der Waals surface area contributed by atoms with Crippen LogP contribution in [0.4, 0.5) is 18.9 Å². The fraction of sp³-hybridized carbons (Fsp3) is 0.400. The maximum atomic E-state index is 14.7. The number of fused-ring (bicyclic) bond motifs is 1. The number of halogens is 3. The standard InChI is InChI=1S/C25H29F3N2O5Si/c1-36(2,3)20-7-4-16(13-19(20)26)29-25(34)24-18-6-5-17(35-14-21(27)28)12-15(18)10-11-30(24)22(31)8-9-23(32)33/h4-7,12-13,21,24H,8-11,14H2,1-3H3,(H,29,34)(H,32,33). The minimum atomic E-state index is -2.64. The fourth-order valence-corrected chi connectivity index (χ4v) is 5.54. The molecule has 1 unspecified atom stereocenters. The molecule has 0 aliphatic carbocycles. The van der Waals surface area contributed by atoms with Crippen molar-refractivity contribution in [3.8, 4) is 5.75 Å². The monoisotopic (exact) mass is 522 g/mol. The number of rotatable bonds is 9. The van der Waals surface area contributed by atoms with Gasteiger partial charge in [0.15, 0.2) is 0 Å². The lowest BCUT2D eigenvalue weighted by Crippen LogP contribution is -2.45. The van der Waals surface area contributed by atoms with Crippen LogP contribution in [-0.2, 0) is 20.8 Å². The smallest absolute Gasteiger partial charge is 0.303 e. The van der Waals surface area contributed by atoms with Crippen molar-refractivity contribution in [2.75, 3.05) is 18.5 Å². The molecule has 2 aromatic rings. The van der Waals surface area contributed by atoms with E-state index in [-0.39, 0.29) is 30.8 Å². The van der Waals surface area contributed by atoms with E-state index in [0.29, 0.717) is 22.7 Å². The minimum absolute atomic E-state index is 0.116. The van der Waals surface area contributed by atoms with Crippen molar-refractivity contribution in [2.45, 2.75) is 51.4 Å². The van der Waals surface area contributed by atoms with Crippen molar-refractivity contribution in [2.24, 2.45) is 0 Å². The lowest BCUT2D eigenvalue weighted by molar-refractivity contribution is -0.143. The van der Waals surface area contributed by atoms with Crippen LogP contribution in [0.15, 0.2) is 36.4 Å². The Labute approximate surface area is 208 Å². The van der Waals surface area contributed by atoms with Gasteiger partial charge in [0, 0.05) is 18.7 Å². The number of ether oxygens (including phenoxy) is 1. The summed E-state index contributed by atoms with van der Waals surface area (Å²) in [4.78, 5) is 38.5. The summed E-state index contributed by atoms with van der Waals surface area (Å²) in [6.45, 7) is 5.35. The predicted octanol–water partition coefficient (Wildman–Crippen LogP) is 3.94. The second-order valence-electron chi connectivity index (χ2n) is 9.63. The van der Waals surface area contributed by atoms with Gasteiger partial charge in [0.05, 0.1) is 14.5 Å². The van der Waals surface area contributed by atoms with E-state index in [2.05, 4.69) is 5.32 Å². The summed E-state index contributed by atoms with van der Waals surface area (Å²) < 4.78 is 44.9. The molecule has 11 heteroatoms. The molecule has 0 bridgehead atoms. The third-order valence-electron chi connectivity index (χ3n) is 5.88. The van der Waals surface area contributed by atoms with E-state index in [1.54, 1.807) is 18.2 Å². The van der Waals surface area contributed by atoms with Gasteiger partial charge >= 0.3 is 5.97 Å². The van der Waals surface area contributed by atoms with E-state index in [4.69, 9.17) is 9.84 Å². The minimum Gasteiger partial charge on any atom is -0.488 e. The molecule has 1 aliphatic heterocycles. The largest absolute Gasteiger partial charge is 0.488 e. The lowest BCUT2D eigenvalue weighted by atomic mass is 9.91. The molecular weight excluding hydrogens is 493 g/mol. The zero-order chi connectivity index (χ0) is 26.6. The molecule has 2 aromatic carbocycles. The second kappa shape index (κ2) is 11.1. The Bertz CT molecular complexity index is 1150. The average molecular weight is 523 g/mol. The first-order valence-corrected chi connectivity index (χ1v) is 15.0. The summed E-state index contributed by atoms with van der Waals surface area (Å²) in [7, 11) is -1.93. The van der Waals surface area contributed by atoms with Crippen molar-refractivity contribution in [3.63, 3.8) is 0 Å². The maximum Gasteiger partial charge on any atom is 0.303 e. The van der Waals surface area contributed by atoms with E-state index >= 15 is 0 Å². The quantitative estimate of drug-likeness (QED) is 0.487. The van der Waals surface area contributed by atoms with Gasteiger partial charge in [-0.25, -0.2) is 13.2 Å². The summed E-state index contributed by atoms with van der Waals surface area (Å²) in [5.41, 5.74) is 1.33. The first-order valence-electron chi connectivity index (χ1n) is 11.5. The van der Waals surface area contributed by atoms with E-state index in [0.717, 1.165) is 0 Å². The Kier molecular flexibility index (Phi) is 8.44. The summed E-state index contributed by atoms with van der Waals surface area (Å²) in [6.07, 6.45) is -3.00. The number of hydrogen-bond acceptors (Lipinski definition) is 4. The summed E-state index contributed by atoms with van der Waals surface area (Å²) in [5, 5.41) is 12.3. The van der Waals surface area contributed by atoms with Crippen LogP contribution in [0.1, 0.15) is 30.0 Å². The number of nitrogens with one attached hydrogen (secondary N) is 1. The zero-order valence-corrected chi connectivity index (χ0v) is 21.3. The van der Waals surface area contributed by atoms with Crippen LogP contribution in [0.5, 0.6) is 5.75 Å². The van der Waals surface area contributed by atoms with Gasteiger partial charge in [-0.1, -0.05) is 31.8 Å². The number of anilines is 1. The van der Waals surface area contributed by atoms with Crippen LogP contribution in [0, 0.1) is 5.82 Å². The number of carbonyl (C=O) groups excluding carboxylic acids is 2. The normalized spacial score (nSPS) is 15.4. The second-order valence-corrected chi connectivity index (χ2v) is 14.7. The van der Waals surface area contributed by atoms with E-state index in [1.165, 1.54) is 23.1 Å². The van der Waals surface area contributed by atoms with Crippen molar-refractivity contribution in [1.29, 1.82) is 0 Å². The first kappa shape index (κ1) is 27.2. The fourth-order valence-electron chi connectivity index (χ4n) is 4.17. The average Bonchev–Trinajstić information content (AvgIpc) is 2.79. The SMILES string of the molecule is C[Si](C)(C)c1ccc(NC(=O)C2c3ccc(OCC(F)F)cc3CCN2C(=O)CCC(=O)O)cc1F. The Morgan fingerprint density at radius 2 is 1.86 bits per heavy atom. The van der Waals surface area contributed by atoms with Gasteiger partial charge in [-0.2, -0.15) is 0 Å². The van der Waals surface area contributed by atoms with Crippen LogP contribution in [0.2, 0.25) is 19.6 Å². The van der Waals surface area contributed by atoms with Gasteiger partial charge in [0.25, 0.3) is 12.3 Å². The molecule has 0 radical (unpaired) electrons. The Hall–Kier alpha value is -3.34. The molecule has 0 aromatic heterocycles. The number of carboxylic acids is 1. The molecule has 1 heterocycles. The van der Waals surface area contributed by atoms with Crippen LogP contribution in [-0.4, -0.2) is 55.4 Å². The molecule has 2 N–H and O–H groups in total. The first-order chi connectivity index (χ1) is 16.9. The Morgan fingerprint density at radius 3 is 2.47 bits per heavy atom. The van der Waals surface area contributed by atoms with Gasteiger partial charge in [-0.3, -0.25) is 14.4 Å². The topological polar surface area (TPSA) is 95.9 Å². The van der Waals surface area contributed by atoms with E-state index < -0.39 is 50.7 Å². The molecule has 1 atom stereocenters. The van der Waals surface area contributed by atoms with Gasteiger partial charge in [-0.15, -0.1) is 0 Å². The van der Waals surface area contributed by atoms with E-state index in [9.17, 15) is 27.6 Å². The van der Waals surface area contributed by atoms with Crippen LogP contribution in [0.25, 0.3) is 0 Å². The zero-order valence-electron chi connectivity index (χ0n) is 20.3. The molecular formula is C25H29F3N2O5Si. The third kappa shape index (κ3) is 6.65. The van der Waals surface area contributed by atoms with E-state index in [1.807, 2.05) is 19.6 Å². The summed E-state index contributed by atoms with van der Waals surface area (Å²) >= 11 is 0. The lowest BCUT2D eigenvalue weighted by Gasteiger charge is -2.36. The Morgan fingerprint density at radius 1 is 1.14 bits per heavy atom. The highest BCUT2D eigenvalue weighted by atomic mass is 28.3. The van der Waals surface area contributed by atoms with Crippen molar-refractivity contribution >= 4 is 36.7 Å². The highest BCUT2D eigenvalue weighted by Crippen LogP contribution is 2.34. The van der Waals surface area contributed by atoms with Crippen LogP contribution >= 0.6 is 0 Å². The number of hydrogen-bond donors (Lipinski definition) is 2. The number of benzene rings is 2. The molecule has 0 saturated heterocycles. The molecule has 0 spiro atoms. The number of carboxylic acid groups (broad SMARTS) is 1. The molecule has 2 amide bonds. The molecule has 0 fully saturated rings. The summed E-state index contributed by atoms with van der Waals surface area (Å²) in [6, 6.07) is 7.91. The predicted molar refractivity (Wildman–Crippen MR) is 131 cm³/mol. The van der Waals surface area contributed by atoms with Crippen LogP contribution < -0.4 is 15.2 Å². The number of nitrogens with zero attached hydrogens (tertiary/aromatic N) is 1. The maximum absolute atomic E-state index is 14.7. The molecule has 194 valence electrons. The van der Waals surface area contributed by atoms with Gasteiger partial charge in [0.1, 0.15) is 24.2 Å². The highest BCUT2D eigenvalue weighted by Gasteiger charge is 2.36. The third-order valence-corrected chi connectivity index (χ3v) is 7.91. The van der Waals surface area contributed by atoms with Gasteiger partial charge in [-0.05, 0) is 47.0 Å². The number of carbonyl (C=O) groups is 3. The molecule has 0 saturated carbocycles. The summed E-state index contributed by atoms with van der Waals surface area (Å²) in [5.74, 6) is -2.46. The molecule has 36 heavy (non-hydrogen) atoms. The van der Waals surface area contributed by atoms with Crippen LogP contribution in [0.3, 0.4) is 0 Å². The molecule has 3 rings (SSSR count). The van der Waals surface area contributed by atoms with Crippen molar-refractivity contribution in [3.05, 3.63) is 53.3 Å². The van der Waals surface area contributed by atoms with Gasteiger partial charge in [0.2, 0.25) is 5.91 Å². The van der Waals surface area contributed by atoms with Gasteiger partial charge < -0.3 is 20.1 Å². The number of amides is 2. The Balaban J connectivity index is 1.91. The van der Waals surface area contributed by atoms with Crippen molar-refractivity contribution in [1.82, 2.24) is 4.90 Å². The van der Waals surface area contributed by atoms with Crippen molar-refractivity contribution < 1.29 is 37.4 Å². The molecule has 7 nitrogen and oxygen atoms in total.